The van der Waals surface area contributed by atoms with Crippen molar-refractivity contribution in [3.63, 3.8) is 0 Å². The summed E-state index contributed by atoms with van der Waals surface area (Å²) in [6, 6.07) is 11.7. The molecule has 8 heteroatoms. The molecule has 2 bridgehead atoms. The van der Waals surface area contributed by atoms with Crippen LogP contribution in [0.15, 0.2) is 36.4 Å². The minimum absolute atomic E-state index is 0.190. The van der Waals surface area contributed by atoms with Gasteiger partial charge in [0.1, 0.15) is 5.75 Å². The SMILES string of the molecule is C=S1(=O)CCC[C@H](O)[C@@H]2CC[C@H]2CN2C[C@@]3(CCCc4cc(Cl)ccc43)COc3ccc(cc32)C(=O)N1. The fourth-order valence-corrected chi connectivity index (χ4v) is 8.27. The van der Waals surface area contributed by atoms with E-state index in [4.69, 9.17) is 16.3 Å². The molecule has 198 valence electrons. The van der Waals surface area contributed by atoms with Crippen LogP contribution in [0.25, 0.3) is 0 Å². The van der Waals surface area contributed by atoms with Crippen LogP contribution in [0.3, 0.4) is 0 Å². The summed E-state index contributed by atoms with van der Waals surface area (Å²) in [6.45, 7) is 2.13. The van der Waals surface area contributed by atoms with Gasteiger partial charge in [0.25, 0.3) is 5.91 Å². The molecule has 4 aliphatic rings. The molecule has 1 unspecified atom stereocenters. The summed E-state index contributed by atoms with van der Waals surface area (Å²) in [5.41, 5.74) is 3.74. The van der Waals surface area contributed by atoms with Crippen molar-refractivity contribution in [2.75, 3.05) is 30.3 Å². The molecular formula is C29H35ClN2O4S. The normalized spacial score (nSPS) is 33.6. The first-order chi connectivity index (χ1) is 17.7. The number of carbonyl (C=O) groups excluding carboxylic acids is 1. The van der Waals surface area contributed by atoms with Gasteiger partial charge >= 0.3 is 0 Å². The number of ether oxygens (including phenoxy) is 1. The average molecular weight is 543 g/mol. The second-order valence-corrected chi connectivity index (χ2v) is 14.1. The molecule has 37 heavy (non-hydrogen) atoms. The van der Waals surface area contributed by atoms with Gasteiger partial charge in [-0.05, 0) is 104 Å². The van der Waals surface area contributed by atoms with Crippen molar-refractivity contribution in [2.45, 2.75) is 56.5 Å². The summed E-state index contributed by atoms with van der Waals surface area (Å²) in [6.07, 6.45) is 5.87. The van der Waals surface area contributed by atoms with E-state index < -0.39 is 21.7 Å². The number of anilines is 1. The Morgan fingerprint density at radius 3 is 2.84 bits per heavy atom. The van der Waals surface area contributed by atoms with Crippen molar-refractivity contribution < 1.29 is 18.8 Å². The largest absolute Gasteiger partial charge is 0.490 e. The van der Waals surface area contributed by atoms with Crippen molar-refractivity contribution in [1.29, 1.82) is 0 Å². The molecule has 0 radical (unpaired) electrons. The highest BCUT2D eigenvalue weighted by atomic mass is 35.5. The van der Waals surface area contributed by atoms with E-state index in [1.807, 2.05) is 18.2 Å². The first kappa shape index (κ1) is 25.1. The summed E-state index contributed by atoms with van der Waals surface area (Å²) < 4.78 is 22.2. The summed E-state index contributed by atoms with van der Waals surface area (Å²) in [4.78, 5) is 15.5. The smallest absolute Gasteiger partial charge is 0.262 e. The number of hydrogen-bond acceptors (Lipinski definition) is 5. The number of fused-ring (bicyclic) bond motifs is 4. The van der Waals surface area contributed by atoms with Gasteiger partial charge in [-0.25, -0.2) is 4.21 Å². The second-order valence-electron chi connectivity index (χ2n) is 11.4. The molecule has 1 fully saturated rings. The molecule has 1 saturated carbocycles. The first-order valence-corrected chi connectivity index (χ1v) is 15.7. The number of rotatable bonds is 0. The monoisotopic (exact) mass is 542 g/mol. The van der Waals surface area contributed by atoms with Gasteiger partial charge in [0.15, 0.2) is 0 Å². The van der Waals surface area contributed by atoms with Gasteiger partial charge in [-0.2, -0.15) is 0 Å². The van der Waals surface area contributed by atoms with Crippen molar-refractivity contribution in [3.8, 4) is 5.75 Å². The van der Waals surface area contributed by atoms with Crippen LogP contribution in [0.5, 0.6) is 5.75 Å². The Bertz CT molecular complexity index is 1330. The fraction of sp³-hybridized carbons (Fsp3) is 0.517. The summed E-state index contributed by atoms with van der Waals surface area (Å²) in [5, 5.41) is 11.8. The van der Waals surface area contributed by atoms with E-state index in [1.165, 1.54) is 11.1 Å². The third-order valence-corrected chi connectivity index (χ3v) is 10.7. The van der Waals surface area contributed by atoms with Gasteiger partial charge in [0.2, 0.25) is 0 Å². The molecule has 6 rings (SSSR count). The summed E-state index contributed by atoms with van der Waals surface area (Å²) in [7, 11) is -2.80. The maximum Gasteiger partial charge on any atom is 0.262 e. The number of aryl methyl sites for hydroxylation is 1. The van der Waals surface area contributed by atoms with Crippen LogP contribution in [0.4, 0.5) is 5.69 Å². The highest BCUT2D eigenvalue weighted by Crippen LogP contribution is 2.46. The minimum atomic E-state index is -2.80. The Morgan fingerprint density at radius 2 is 2.03 bits per heavy atom. The van der Waals surface area contributed by atoms with Gasteiger partial charge < -0.3 is 14.7 Å². The van der Waals surface area contributed by atoms with Crippen molar-refractivity contribution >= 4 is 38.8 Å². The number of hydrogen-bond donors (Lipinski definition) is 2. The lowest BCUT2D eigenvalue weighted by molar-refractivity contribution is 0.0103. The molecule has 2 heterocycles. The van der Waals surface area contributed by atoms with Gasteiger partial charge in [-0.3, -0.25) is 9.52 Å². The van der Waals surface area contributed by atoms with Gasteiger partial charge in [-0.15, -0.1) is 0 Å². The summed E-state index contributed by atoms with van der Waals surface area (Å²) in [5.74, 6) is 5.00. The molecule has 0 saturated heterocycles. The predicted octanol–water partition coefficient (Wildman–Crippen LogP) is 4.36. The maximum absolute atomic E-state index is 13.1. The maximum atomic E-state index is 13.1. The van der Waals surface area contributed by atoms with E-state index in [0.717, 1.165) is 61.7 Å². The Hall–Kier alpha value is -2.22. The third-order valence-electron chi connectivity index (χ3n) is 8.98. The molecular weight excluding hydrogens is 508 g/mol. The lowest BCUT2D eigenvalue weighted by Crippen LogP contribution is -2.49. The second kappa shape index (κ2) is 9.51. The topological polar surface area (TPSA) is 78.9 Å². The van der Waals surface area contributed by atoms with Crippen LogP contribution < -0.4 is 14.4 Å². The van der Waals surface area contributed by atoms with Crippen LogP contribution in [0.2, 0.25) is 5.02 Å². The number of nitrogens with zero attached hydrogens (tertiary/aromatic N) is 1. The number of nitrogens with one attached hydrogen (secondary N) is 1. The number of amides is 1. The molecule has 2 aromatic rings. The van der Waals surface area contributed by atoms with Crippen LogP contribution >= 0.6 is 11.6 Å². The quantitative estimate of drug-likeness (QED) is 0.484. The lowest BCUT2D eigenvalue weighted by atomic mass is 9.68. The van der Waals surface area contributed by atoms with Gasteiger partial charge in [-0.1, -0.05) is 17.7 Å². The predicted molar refractivity (Wildman–Crippen MR) is 149 cm³/mol. The molecule has 1 amide bonds. The van der Waals surface area contributed by atoms with Crippen molar-refractivity contribution in [1.82, 2.24) is 4.72 Å². The van der Waals surface area contributed by atoms with E-state index in [-0.39, 0.29) is 17.1 Å². The van der Waals surface area contributed by atoms with E-state index in [9.17, 15) is 14.1 Å². The number of aliphatic hydroxyl groups is 1. The van der Waals surface area contributed by atoms with E-state index in [1.54, 1.807) is 6.07 Å². The van der Waals surface area contributed by atoms with Gasteiger partial charge in [0.05, 0.1) is 18.4 Å². The molecule has 5 atom stereocenters. The Kier molecular flexibility index (Phi) is 6.45. The lowest BCUT2D eigenvalue weighted by Gasteiger charge is -2.45. The molecule has 2 N–H and O–H groups in total. The summed E-state index contributed by atoms with van der Waals surface area (Å²) >= 11 is 6.36. The zero-order valence-electron chi connectivity index (χ0n) is 21.1. The minimum Gasteiger partial charge on any atom is -0.490 e. The van der Waals surface area contributed by atoms with E-state index >= 15 is 0 Å². The molecule has 2 aromatic carbocycles. The average Bonchev–Trinajstić information content (AvgIpc) is 2.98. The van der Waals surface area contributed by atoms with Crippen LogP contribution in [-0.4, -0.2) is 52.6 Å². The first-order valence-electron chi connectivity index (χ1n) is 13.4. The Morgan fingerprint density at radius 1 is 1.16 bits per heavy atom. The molecule has 2 aliphatic heterocycles. The Labute approximate surface area is 224 Å². The number of carbonyl (C=O) groups is 1. The molecule has 0 aromatic heterocycles. The number of aliphatic hydroxyl groups excluding tert-OH is 1. The highest BCUT2D eigenvalue weighted by Gasteiger charge is 2.44. The van der Waals surface area contributed by atoms with E-state index in [0.29, 0.717) is 30.9 Å². The number of benzene rings is 2. The molecule has 2 aliphatic carbocycles. The standard InChI is InChI=1S/C29H35ClN2O4S/c1-37(35)13-3-5-26(33)23-9-6-21(23)16-32-17-29(12-2-4-19-14-22(30)8-10-24(19)29)18-36-27-11-7-20(15-25(27)32)28(34)31-37/h7-8,10-11,14-15,21,23,26,33H,1-6,9,12-13,16-18H2,(H,31,34,35)/t21-,23+,26-,29-,37?/m0/s1. The zero-order valence-corrected chi connectivity index (χ0v) is 22.7. The fourth-order valence-electron chi connectivity index (χ4n) is 6.89. The van der Waals surface area contributed by atoms with Crippen LogP contribution in [0.1, 0.15) is 60.0 Å². The molecule has 1 spiro atoms. The Balaban J connectivity index is 1.43. The number of halogens is 1. The third kappa shape index (κ3) is 4.75. The van der Waals surface area contributed by atoms with Gasteiger partial charge in [0, 0.05) is 44.6 Å². The van der Waals surface area contributed by atoms with Crippen molar-refractivity contribution in [2.24, 2.45) is 11.8 Å². The van der Waals surface area contributed by atoms with E-state index in [2.05, 4.69) is 27.6 Å². The zero-order chi connectivity index (χ0) is 25.8. The molecule has 6 nitrogen and oxygen atoms in total. The van der Waals surface area contributed by atoms with Crippen molar-refractivity contribution in [3.05, 3.63) is 58.1 Å². The van der Waals surface area contributed by atoms with Crippen LogP contribution in [-0.2, 0) is 21.5 Å². The highest BCUT2D eigenvalue weighted by molar-refractivity contribution is 7.99. The van der Waals surface area contributed by atoms with Crippen LogP contribution in [0, 0.1) is 11.8 Å².